The number of piperidine rings is 1. The van der Waals surface area contributed by atoms with Crippen molar-refractivity contribution in [3.05, 3.63) is 65.7 Å². The molecule has 0 spiro atoms. The van der Waals surface area contributed by atoms with Gasteiger partial charge in [0.15, 0.2) is 0 Å². The van der Waals surface area contributed by atoms with Gasteiger partial charge in [-0.15, -0.1) is 0 Å². The molecule has 0 radical (unpaired) electrons. The number of carbonyl (C=O) groups excluding carboxylic acids is 2. The lowest BCUT2D eigenvalue weighted by Crippen LogP contribution is -2.46. The Morgan fingerprint density at radius 1 is 0.968 bits per heavy atom. The largest absolute Gasteiger partial charge is 0.370 e. The van der Waals surface area contributed by atoms with E-state index in [1.807, 2.05) is 48.5 Å². The summed E-state index contributed by atoms with van der Waals surface area (Å²) in [4.78, 5) is 27.4. The van der Waals surface area contributed by atoms with Gasteiger partial charge in [-0.1, -0.05) is 43.2 Å². The number of anilines is 1. The molecule has 2 aromatic carbocycles. The number of hydrogen-bond donors (Lipinski definition) is 1. The maximum Gasteiger partial charge on any atom is 0.255 e. The van der Waals surface area contributed by atoms with Crippen molar-refractivity contribution in [2.75, 3.05) is 18.4 Å². The second-order valence-electron chi connectivity index (χ2n) is 9.16. The van der Waals surface area contributed by atoms with E-state index in [9.17, 15) is 9.59 Å². The van der Waals surface area contributed by atoms with Crippen molar-refractivity contribution in [1.82, 2.24) is 4.90 Å². The van der Waals surface area contributed by atoms with E-state index in [1.54, 1.807) is 0 Å². The van der Waals surface area contributed by atoms with E-state index in [0.717, 1.165) is 50.0 Å². The normalized spacial score (nSPS) is 25.9. The van der Waals surface area contributed by atoms with Crippen LogP contribution in [0.5, 0.6) is 0 Å². The smallest absolute Gasteiger partial charge is 0.255 e. The molecule has 3 atom stereocenters. The Morgan fingerprint density at radius 3 is 2.58 bits per heavy atom. The summed E-state index contributed by atoms with van der Waals surface area (Å²) in [5.74, 6) is 0.899. The van der Waals surface area contributed by atoms with Gasteiger partial charge in [-0.3, -0.25) is 9.59 Å². The van der Waals surface area contributed by atoms with Gasteiger partial charge in [-0.2, -0.15) is 0 Å². The Morgan fingerprint density at radius 2 is 1.77 bits per heavy atom. The number of rotatable bonds is 4. The molecule has 3 unspecified atom stereocenters. The van der Waals surface area contributed by atoms with Crippen LogP contribution in [0.25, 0.3) is 0 Å². The quantitative estimate of drug-likeness (QED) is 0.775. The molecule has 5 nitrogen and oxygen atoms in total. The van der Waals surface area contributed by atoms with Crippen LogP contribution in [0, 0.1) is 11.8 Å². The minimum Gasteiger partial charge on any atom is -0.370 e. The van der Waals surface area contributed by atoms with Gasteiger partial charge in [0.05, 0.1) is 12.2 Å². The van der Waals surface area contributed by atoms with Crippen molar-refractivity contribution in [3.8, 4) is 0 Å². The molecule has 5 heteroatoms. The Labute approximate surface area is 183 Å². The van der Waals surface area contributed by atoms with Crippen LogP contribution in [-0.2, 0) is 9.53 Å². The van der Waals surface area contributed by atoms with Crippen molar-refractivity contribution in [2.45, 2.75) is 50.7 Å². The summed E-state index contributed by atoms with van der Waals surface area (Å²) >= 11 is 0. The van der Waals surface area contributed by atoms with E-state index in [4.69, 9.17) is 4.74 Å². The van der Waals surface area contributed by atoms with Crippen molar-refractivity contribution in [1.29, 1.82) is 0 Å². The van der Waals surface area contributed by atoms with Crippen LogP contribution in [-0.4, -0.2) is 35.9 Å². The molecular formula is C26H30N2O3. The molecule has 2 saturated heterocycles. The zero-order chi connectivity index (χ0) is 21.2. The van der Waals surface area contributed by atoms with Crippen molar-refractivity contribution < 1.29 is 14.3 Å². The first-order chi connectivity index (χ1) is 15.2. The van der Waals surface area contributed by atoms with Crippen LogP contribution in [0.4, 0.5) is 5.69 Å². The zero-order valence-corrected chi connectivity index (χ0v) is 17.8. The van der Waals surface area contributed by atoms with Crippen molar-refractivity contribution >= 4 is 17.5 Å². The molecule has 162 valence electrons. The lowest BCUT2D eigenvalue weighted by atomic mass is 9.90. The number of nitrogens with one attached hydrogen (secondary N) is 1. The fraction of sp³-hybridized carbons (Fsp3) is 0.462. The summed E-state index contributed by atoms with van der Waals surface area (Å²) in [5, 5.41) is 2.99. The van der Waals surface area contributed by atoms with Gasteiger partial charge in [-0.05, 0) is 55.5 Å². The lowest BCUT2D eigenvalue weighted by molar-refractivity contribution is -0.138. The highest BCUT2D eigenvalue weighted by Gasteiger charge is 2.41. The summed E-state index contributed by atoms with van der Waals surface area (Å²) in [7, 11) is 0. The molecule has 2 heterocycles. The SMILES string of the molecule is O=C(Nc1cccc(C2CC3CN(C(=O)C4CCCC4)CCC3O2)c1)c1ccccc1. The first kappa shape index (κ1) is 20.3. The van der Waals surface area contributed by atoms with Gasteiger partial charge in [0.25, 0.3) is 5.91 Å². The number of benzene rings is 2. The number of ether oxygens (including phenoxy) is 1. The predicted molar refractivity (Wildman–Crippen MR) is 120 cm³/mol. The summed E-state index contributed by atoms with van der Waals surface area (Å²) in [6, 6.07) is 17.2. The summed E-state index contributed by atoms with van der Waals surface area (Å²) in [6.07, 6.45) is 6.59. The lowest BCUT2D eigenvalue weighted by Gasteiger charge is -2.35. The van der Waals surface area contributed by atoms with Gasteiger partial charge >= 0.3 is 0 Å². The summed E-state index contributed by atoms with van der Waals surface area (Å²) < 4.78 is 6.40. The molecule has 5 rings (SSSR count). The third-order valence-corrected chi connectivity index (χ3v) is 7.09. The topological polar surface area (TPSA) is 58.6 Å². The van der Waals surface area contributed by atoms with Crippen LogP contribution in [0.1, 0.15) is 60.6 Å². The predicted octanol–water partition coefficient (Wildman–Crippen LogP) is 4.81. The van der Waals surface area contributed by atoms with Gasteiger partial charge in [0.1, 0.15) is 0 Å². The number of fused-ring (bicyclic) bond motifs is 1. The molecule has 1 saturated carbocycles. The summed E-state index contributed by atoms with van der Waals surface area (Å²) in [5.41, 5.74) is 2.51. The van der Waals surface area contributed by atoms with Crippen LogP contribution in [0.3, 0.4) is 0 Å². The number of hydrogen-bond acceptors (Lipinski definition) is 3. The van der Waals surface area contributed by atoms with Crippen LogP contribution >= 0.6 is 0 Å². The number of carbonyl (C=O) groups is 2. The van der Waals surface area contributed by atoms with Crippen LogP contribution in [0.15, 0.2) is 54.6 Å². The van der Waals surface area contributed by atoms with Crippen molar-refractivity contribution in [2.24, 2.45) is 11.8 Å². The first-order valence-corrected chi connectivity index (χ1v) is 11.6. The second kappa shape index (κ2) is 8.83. The van der Waals surface area contributed by atoms with E-state index in [-0.39, 0.29) is 24.0 Å². The summed E-state index contributed by atoms with van der Waals surface area (Å²) in [6.45, 7) is 1.64. The second-order valence-corrected chi connectivity index (χ2v) is 9.16. The van der Waals surface area contributed by atoms with Gasteiger partial charge in [0, 0.05) is 36.2 Å². The van der Waals surface area contributed by atoms with Gasteiger partial charge in [-0.25, -0.2) is 0 Å². The van der Waals surface area contributed by atoms with Gasteiger partial charge in [0.2, 0.25) is 5.91 Å². The molecule has 1 N–H and O–H groups in total. The number of amides is 2. The minimum absolute atomic E-state index is 0.0186. The minimum atomic E-state index is -0.111. The molecule has 2 amide bonds. The highest BCUT2D eigenvalue weighted by atomic mass is 16.5. The van der Waals surface area contributed by atoms with Crippen molar-refractivity contribution in [3.63, 3.8) is 0 Å². The maximum atomic E-state index is 12.8. The molecule has 1 aliphatic carbocycles. The molecule has 31 heavy (non-hydrogen) atoms. The standard InChI is InChI=1S/C26H30N2O3/c29-25(18-7-2-1-3-8-18)27-22-12-6-11-20(15-22)24-16-21-17-28(14-13-23(21)31-24)26(30)19-9-4-5-10-19/h1-3,6-8,11-12,15,19,21,23-24H,4-5,9-10,13-14,16-17H2,(H,27,29). The average molecular weight is 419 g/mol. The third-order valence-electron chi connectivity index (χ3n) is 7.09. The van der Waals surface area contributed by atoms with E-state index >= 15 is 0 Å². The maximum absolute atomic E-state index is 12.8. The third kappa shape index (κ3) is 4.38. The molecule has 2 aliphatic heterocycles. The van der Waals surface area contributed by atoms with Gasteiger partial charge < -0.3 is 15.0 Å². The van der Waals surface area contributed by atoms with Crippen LogP contribution < -0.4 is 5.32 Å². The fourth-order valence-electron chi connectivity index (χ4n) is 5.41. The molecule has 3 aliphatic rings. The Kier molecular flexibility index (Phi) is 5.77. The molecule has 3 fully saturated rings. The zero-order valence-electron chi connectivity index (χ0n) is 17.8. The monoisotopic (exact) mass is 418 g/mol. The Hall–Kier alpha value is -2.66. The number of likely N-dealkylation sites (tertiary alicyclic amines) is 1. The highest BCUT2D eigenvalue weighted by Crippen LogP contribution is 2.42. The van der Waals surface area contributed by atoms with E-state index < -0.39 is 0 Å². The Balaban J connectivity index is 1.22. The molecule has 0 bridgehead atoms. The highest BCUT2D eigenvalue weighted by molar-refractivity contribution is 6.04. The van der Waals surface area contributed by atoms with Crippen LogP contribution in [0.2, 0.25) is 0 Å². The van der Waals surface area contributed by atoms with E-state index in [2.05, 4.69) is 16.3 Å². The van der Waals surface area contributed by atoms with E-state index in [0.29, 0.717) is 17.4 Å². The molecule has 0 aromatic heterocycles. The molecule has 2 aromatic rings. The molecular weight excluding hydrogens is 388 g/mol. The fourth-order valence-corrected chi connectivity index (χ4v) is 5.41. The number of nitrogens with zero attached hydrogens (tertiary/aromatic N) is 1. The Bertz CT molecular complexity index is 939. The van der Waals surface area contributed by atoms with E-state index in [1.165, 1.54) is 12.8 Å². The first-order valence-electron chi connectivity index (χ1n) is 11.6. The average Bonchev–Trinajstić information content (AvgIpc) is 3.49.